The van der Waals surface area contributed by atoms with Crippen molar-refractivity contribution in [1.82, 2.24) is 20.2 Å². The summed E-state index contributed by atoms with van der Waals surface area (Å²) in [6.07, 6.45) is 5.18. The number of fused-ring (bicyclic) bond motifs is 1. The van der Waals surface area contributed by atoms with Gasteiger partial charge in [0.1, 0.15) is 0 Å². The third-order valence-electron chi connectivity index (χ3n) is 5.21. The number of hydrogen-bond donors (Lipinski definition) is 1. The number of anilines is 2. The maximum atomic E-state index is 14.3. The molecule has 26 heavy (non-hydrogen) atoms. The summed E-state index contributed by atoms with van der Waals surface area (Å²) in [5, 5.41) is 9.20. The monoisotopic (exact) mass is 392 g/mol. The molecule has 3 aromatic heterocycles. The van der Waals surface area contributed by atoms with E-state index in [1.54, 1.807) is 12.3 Å². The highest BCUT2D eigenvalue weighted by molar-refractivity contribution is 6.36. The number of nitrogens with zero attached hydrogens (tertiary/aromatic N) is 5. The molecule has 0 bridgehead atoms. The summed E-state index contributed by atoms with van der Waals surface area (Å²) in [6.45, 7) is 2.03. The fourth-order valence-corrected chi connectivity index (χ4v) is 4.17. The fraction of sp³-hybridized carbons (Fsp3) is 0.353. The van der Waals surface area contributed by atoms with E-state index in [-0.39, 0.29) is 11.4 Å². The van der Waals surface area contributed by atoms with E-state index in [4.69, 9.17) is 23.2 Å². The minimum absolute atomic E-state index is 0.0761. The summed E-state index contributed by atoms with van der Waals surface area (Å²) in [5.41, 5.74) is 0.601. The Morgan fingerprint density at radius 2 is 2.00 bits per heavy atom. The predicted octanol–water partition coefficient (Wildman–Crippen LogP) is 3.66. The van der Waals surface area contributed by atoms with E-state index in [0.29, 0.717) is 41.1 Å². The molecule has 2 fully saturated rings. The summed E-state index contributed by atoms with van der Waals surface area (Å²) in [5.74, 6) is 0.783. The molecule has 0 radical (unpaired) electrons. The molecule has 9 heteroatoms. The van der Waals surface area contributed by atoms with Gasteiger partial charge in [-0.25, -0.2) is 14.4 Å². The molecule has 0 unspecified atom stereocenters. The lowest BCUT2D eigenvalue weighted by molar-refractivity contribution is 0.494. The van der Waals surface area contributed by atoms with Gasteiger partial charge in [0.2, 0.25) is 0 Å². The second kappa shape index (κ2) is 5.69. The smallest absolute Gasteiger partial charge is 0.167 e. The first-order chi connectivity index (χ1) is 12.6. The van der Waals surface area contributed by atoms with E-state index in [0.717, 1.165) is 24.0 Å². The van der Waals surface area contributed by atoms with Crippen LogP contribution in [0.4, 0.5) is 16.0 Å². The first kappa shape index (κ1) is 16.1. The number of pyridine rings is 2. The second-order valence-electron chi connectivity index (χ2n) is 6.82. The summed E-state index contributed by atoms with van der Waals surface area (Å²) < 4.78 is 14.3. The largest absolute Gasteiger partial charge is 0.350 e. The van der Waals surface area contributed by atoms with Crippen molar-refractivity contribution >= 4 is 45.9 Å². The lowest BCUT2D eigenvalue weighted by atomic mass is 10.1. The van der Waals surface area contributed by atoms with Crippen LogP contribution in [0, 0.1) is 5.82 Å². The molecule has 1 aliphatic carbocycles. The van der Waals surface area contributed by atoms with E-state index in [9.17, 15) is 4.39 Å². The van der Waals surface area contributed by atoms with Gasteiger partial charge in [0, 0.05) is 32.0 Å². The second-order valence-corrected chi connectivity index (χ2v) is 7.66. The van der Waals surface area contributed by atoms with E-state index < -0.39 is 0 Å². The van der Waals surface area contributed by atoms with Crippen molar-refractivity contribution < 1.29 is 4.39 Å². The van der Waals surface area contributed by atoms with Crippen LogP contribution in [0.15, 0.2) is 24.5 Å². The molecule has 4 heterocycles. The Kier molecular flexibility index (Phi) is 3.52. The van der Waals surface area contributed by atoms with Gasteiger partial charge in [0.05, 0.1) is 21.0 Å². The molecule has 1 saturated heterocycles. The van der Waals surface area contributed by atoms with E-state index in [2.05, 4.69) is 25.1 Å². The maximum Gasteiger partial charge on any atom is 0.167 e. The first-order valence-electron chi connectivity index (χ1n) is 8.40. The quantitative estimate of drug-likeness (QED) is 0.720. The lowest BCUT2D eigenvalue weighted by Crippen LogP contribution is -2.56. The zero-order valence-corrected chi connectivity index (χ0v) is 15.2. The van der Waals surface area contributed by atoms with Crippen LogP contribution in [0.5, 0.6) is 0 Å². The molecule has 134 valence electrons. The van der Waals surface area contributed by atoms with Crippen molar-refractivity contribution in [2.75, 3.05) is 29.4 Å². The van der Waals surface area contributed by atoms with E-state index in [1.165, 1.54) is 12.3 Å². The van der Waals surface area contributed by atoms with Gasteiger partial charge in [0.15, 0.2) is 23.1 Å². The highest BCUT2D eigenvalue weighted by Gasteiger charge is 2.53. The Morgan fingerprint density at radius 1 is 1.15 bits per heavy atom. The van der Waals surface area contributed by atoms with E-state index >= 15 is 0 Å². The average Bonchev–Trinajstić information content (AvgIpc) is 3.23. The Bertz CT molecular complexity index is 1000. The Morgan fingerprint density at radius 3 is 2.77 bits per heavy atom. The first-order valence-corrected chi connectivity index (χ1v) is 9.15. The minimum Gasteiger partial charge on any atom is -0.350 e. The molecule has 0 amide bonds. The number of halogens is 3. The fourth-order valence-electron chi connectivity index (χ4n) is 3.79. The van der Waals surface area contributed by atoms with Gasteiger partial charge >= 0.3 is 0 Å². The molecule has 1 saturated carbocycles. The zero-order chi connectivity index (χ0) is 17.9. The molecule has 2 aliphatic rings. The van der Waals surface area contributed by atoms with Crippen molar-refractivity contribution in [1.29, 1.82) is 0 Å². The van der Waals surface area contributed by atoms with Crippen LogP contribution < -0.4 is 9.80 Å². The van der Waals surface area contributed by atoms with Crippen LogP contribution >= 0.6 is 23.2 Å². The molecule has 3 aromatic rings. The van der Waals surface area contributed by atoms with Crippen molar-refractivity contribution in [2.45, 2.75) is 18.4 Å². The Labute approximate surface area is 158 Å². The average molecular weight is 393 g/mol. The van der Waals surface area contributed by atoms with Gasteiger partial charge in [-0.1, -0.05) is 23.2 Å². The van der Waals surface area contributed by atoms with Crippen molar-refractivity contribution in [3.8, 4) is 0 Å². The van der Waals surface area contributed by atoms with Crippen molar-refractivity contribution in [3.63, 3.8) is 0 Å². The normalized spacial score (nSPS) is 18.7. The molecule has 1 N–H and O–H groups in total. The molecule has 1 spiro atoms. The summed E-state index contributed by atoms with van der Waals surface area (Å²) >= 11 is 12.2. The minimum atomic E-state index is -0.390. The van der Waals surface area contributed by atoms with Crippen molar-refractivity contribution in [2.24, 2.45) is 0 Å². The van der Waals surface area contributed by atoms with Gasteiger partial charge in [-0.05, 0) is 25.0 Å². The maximum absolute atomic E-state index is 14.3. The highest BCUT2D eigenvalue weighted by Crippen LogP contribution is 2.48. The number of H-pyrrole nitrogens is 1. The number of aromatic nitrogens is 4. The topological polar surface area (TPSA) is 60.9 Å². The van der Waals surface area contributed by atoms with Crippen LogP contribution in [0.3, 0.4) is 0 Å². The Hall–Kier alpha value is -2.12. The molecular weight excluding hydrogens is 378 g/mol. The highest BCUT2D eigenvalue weighted by atomic mass is 35.5. The summed E-state index contributed by atoms with van der Waals surface area (Å²) in [4.78, 5) is 12.8. The third-order valence-corrected chi connectivity index (χ3v) is 5.74. The number of rotatable bonds is 2. The lowest BCUT2D eigenvalue weighted by Gasteiger charge is -2.43. The van der Waals surface area contributed by atoms with Gasteiger partial charge < -0.3 is 9.80 Å². The number of piperazine rings is 1. The van der Waals surface area contributed by atoms with Gasteiger partial charge in [-0.2, -0.15) is 5.10 Å². The van der Waals surface area contributed by atoms with Crippen LogP contribution in [0.1, 0.15) is 12.8 Å². The zero-order valence-electron chi connectivity index (χ0n) is 13.7. The van der Waals surface area contributed by atoms with Crippen molar-refractivity contribution in [3.05, 3.63) is 40.4 Å². The van der Waals surface area contributed by atoms with Crippen LogP contribution in [0.25, 0.3) is 11.0 Å². The van der Waals surface area contributed by atoms with Gasteiger partial charge in [0.25, 0.3) is 0 Å². The molecule has 6 nitrogen and oxygen atoms in total. The van der Waals surface area contributed by atoms with Crippen LogP contribution in [-0.2, 0) is 0 Å². The van der Waals surface area contributed by atoms with Crippen LogP contribution in [-0.4, -0.2) is 45.3 Å². The number of nitrogens with one attached hydrogen (secondary N) is 1. The molecule has 0 aromatic carbocycles. The number of aromatic amines is 1. The molecule has 5 rings (SSSR count). The molecule has 1 aliphatic heterocycles. The molecule has 0 atom stereocenters. The standard InChI is InChI=1S/C17H15Cl2FN6/c18-10-7-12(20)15(22-8-10)25-5-6-26(17(9-25)2-3-17)16-13-11(19)1-4-21-14(13)23-24-16/h1,4,7-8H,2-3,5-6,9H2,(H,21,23,24). The van der Waals surface area contributed by atoms with Gasteiger partial charge in [-0.15, -0.1) is 0 Å². The summed E-state index contributed by atoms with van der Waals surface area (Å²) in [7, 11) is 0. The third kappa shape index (κ3) is 2.41. The van der Waals surface area contributed by atoms with E-state index in [1.807, 2.05) is 4.90 Å². The summed E-state index contributed by atoms with van der Waals surface area (Å²) in [6, 6.07) is 3.08. The predicted molar refractivity (Wildman–Crippen MR) is 99.6 cm³/mol. The molecular formula is C17H15Cl2FN6. The van der Waals surface area contributed by atoms with Gasteiger partial charge in [-0.3, -0.25) is 5.10 Å². The number of hydrogen-bond acceptors (Lipinski definition) is 5. The Balaban J connectivity index is 1.49. The SMILES string of the molecule is Fc1cc(Cl)cnc1N1CCN(c2n[nH]c3nccc(Cl)c23)C2(CC2)C1. The van der Waals surface area contributed by atoms with Crippen LogP contribution in [0.2, 0.25) is 10.0 Å².